The average Bonchev–Trinajstić information content (AvgIpc) is 3.40. The molecule has 0 aliphatic rings. The van der Waals surface area contributed by atoms with Crippen LogP contribution in [0.1, 0.15) is 41.6 Å². The van der Waals surface area contributed by atoms with Crippen LogP contribution in [0.5, 0.6) is 0 Å². The summed E-state index contributed by atoms with van der Waals surface area (Å²) in [7, 11) is 0. The first-order valence-electron chi connectivity index (χ1n) is 12.9. The van der Waals surface area contributed by atoms with E-state index in [4.69, 9.17) is 9.51 Å². The van der Waals surface area contributed by atoms with Gasteiger partial charge in [0.15, 0.2) is 5.82 Å². The maximum atomic E-state index is 13.8. The zero-order valence-electron chi connectivity index (χ0n) is 22.2. The molecule has 0 aliphatic carbocycles. The second kappa shape index (κ2) is 11.7. The Hall–Kier alpha value is -4.17. The van der Waals surface area contributed by atoms with Gasteiger partial charge in [-0.3, -0.25) is 18.9 Å². The van der Waals surface area contributed by atoms with Crippen LogP contribution in [0.4, 0.5) is 0 Å². The summed E-state index contributed by atoms with van der Waals surface area (Å²) in [5, 5.41) is 3.85. The first-order valence-corrected chi connectivity index (χ1v) is 14.2. The van der Waals surface area contributed by atoms with E-state index in [0.717, 1.165) is 57.7 Å². The van der Waals surface area contributed by atoms with Gasteiger partial charge >= 0.3 is 5.76 Å². The topological polar surface area (TPSA) is 93.8 Å². The number of thioether (sulfide) groups is 1. The zero-order valence-corrected chi connectivity index (χ0v) is 23.0. The number of H-pyrrole nitrogens is 1. The summed E-state index contributed by atoms with van der Waals surface area (Å²) in [6.07, 6.45) is 4.23. The first kappa shape index (κ1) is 26.4. The molecule has 0 aliphatic heterocycles. The summed E-state index contributed by atoms with van der Waals surface area (Å²) in [6, 6.07) is 24.1. The maximum absolute atomic E-state index is 13.8. The van der Waals surface area contributed by atoms with Crippen LogP contribution in [0, 0.1) is 6.92 Å². The van der Waals surface area contributed by atoms with E-state index in [0.29, 0.717) is 18.8 Å². The van der Waals surface area contributed by atoms with E-state index < -0.39 is 5.76 Å². The highest BCUT2D eigenvalue weighted by atomic mass is 32.2. The third kappa shape index (κ3) is 5.81. The van der Waals surface area contributed by atoms with Gasteiger partial charge in [-0.25, -0.2) is 9.78 Å². The largest absolute Gasteiger partial charge is 0.439 e. The SMILES string of the molecule is CCCc1nc(C)n(Cc2ccc(SC)cc2)c(=O)c1Cc1ccc(-c2ccccc2-c2noc(=O)[nH]2)cc1. The van der Waals surface area contributed by atoms with Crippen molar-refractivity contribution in [1.82, 2.24) is 19.7 Å². The molecule has 0 unspecified atom stereocenters. The summed E-state index contributed by atoms with van der Waals surface area (Å²) in [6.45, 7) is 4.51. The van der Waals surface area contributed by atoms with Gasteiger partial charge in [-0.05, 0) is 54.0 Å². The highest BCUT2D eigenvalue weighted by Gasteiger charge is 2.16. The molecule has 0 saturated heterocycles. The number of nitrogens with one attached hydrogen (secondary N) is 1. The molecule has 0 amide bonds. The molecule has 2 aromatic heterocycles. The summed E-state index contributed by atoms with van der Waals surface area (Å²) in [5.74, 6) is 0.532. The van der Waals surface area contributed by atoms with Crippen LogP contribution in [-0.4, -0.2) is 25.9 Å². The molecule has 0 spiro atoms. The van der Waals surface area contributed by atoms with Crippen molar-refractivity contribution >= 4 is 11.8 Å². The number of aromatic amines is 1. The highest BCUT2D eigenvalue weighted by molar-refractivity contribution is 7.98. The molecule has 5 rings (SSSR count). The molecule has 0 bridgehead atoms. The number of nitrogens with zero attached hydrogens (tertiary/aromatic N) is 3. The van der Waals surface area contributed by atoms with Crippen LogP contribution in [0.15, 0.2) is 91.8 Å². The third-order valence-corrected chi connectivity index (χ3v) is 7.54. The molecule has 3 aromatic carbocycles. The van der Waals surface area contributed by atoms with Crippen LogP contribution in [0.2, 0.25) is 0 Å². The van der Waals surface area contributed by atoms with Gasteiger partial charge in [0.2, 0.25) is 0 Å². The first-order chi connectivity index (χ1) is 19.0. The summed E-state index contributed by atoms with van der Waals surface area (Å²) in [4.78, 5) is 34.0. The van der Waals surface area contributed by atoms with Crippen molar-refractivity contribution < 1.29 is 4.52 Å². The second-order valence-corrected chi connectivity index (χ2v) is 10.3. The van der Waals surface area contributed by atoms with E-state index >= 15 is 0 Å². The Labute approximate surface area is 230 Å². The van der Waals surface area contributed by atoms with Crippen LogP contribution in [0.3, 0.4) is 0 Å². The Balaban J connectivity index is 1.46. The van der Waals surface area contributed by atoms with Gasteiger partial charge in [-0.1, -0.05) is 79.2 Å². The molecule has 39 heavy (non-hydrogen) atoms. The molecule has 8 heteroatoms. The van der Waals surface area contributed by atoms with Gasteiger partial charge in [-0.2, -0.15) is 0 Å². The van der Waals surface area contributed by atoms with E-state index in [1.807, 2.05) is 55.5 Å². The van der Waals surface area contributed by atoms with Crippen LogP contribution in [-0.2, 0) is 19.4 Å². The minimum absolute atomic E-state index is 0.0179. The molecule has 0 fully saturated rings. The fourth-order valence-electron chi connectivity index (χ4n) is 4.77. The van der Waals surface area contributed by atoms with Gasteiger partial charge in [0, 0.05) is 22.4 Å². The number of hydrogen-bond donors (Lipinski definition) is 1. The van der Waals surface area contributed by atoms with Crippen molar-refractivity contribution in [2.75, 3.05) is 6.26 Å². The Morgan fingerprint density at radius 1 is 0.923 bits per heavy atom. The van der Waals surface area contributed by atoms with Crippen molar-refractivity contribution in [2.24, 2.45) is 0 Å². The normalized spacial score (nSPS) is 11.2. The monoisotopic (exact) mass is 538 g/mol. The number of rotatable bonds is 9. The van der Waals surface area contributed by atoms with E-state index in [1.54, 1.807) is 16.3 Å². The molecular weight excluding hydrogens is 508 g/mol. The van der Waals surface area contributed by atoms with Crippen molar-refractivity contribution in [3.05, 3.63) is 122 Å². The maximum Gasteiger partial charge on any atom is 0.439 e. The van der Waals surface area contributed by atoms with Gasteiger partial charge in [-0.15, -0.1) is 11.8 Å². The molecule has 7 nitrogen and oxygen atoms in total. The lowest BCUT2D eigenvalue weighted by atomic mass is 9.96. The van der Waals surface area contributed by atoms with Gasteiger partial charge in [0.05, 0.1) is 12.2 Å². The Morgan fingerprint density at radius 2 is 1.62 bits per heavy atom. The number of aromatic nitrogens is 4. The average molecular weight is 539 g/mol. The van der Waals surface area contributed by atoms with E-state index in [9.17, 15) is 9.59 Å². The zero-order chi connectivity index (χ0) is 27.4. The fourth-order valence-corrected chi connectivity index (χ4v) is 5.18. The van der Waals surface area contributed by atoms with Crippen molar-refractivity contribution in [2.45, 2.75) is 44.6 Å². The smallest absolute Gasteiger partial charge is 0.296 e. The standard InChI is InChI=1S/C31H30N4O3S/c1-4-7-28-27(30(36)35(20(2)32-28)19-22-12-16-24(39-3)17-13-22)18-21-10-14-23(15-11-21)25-8-5-6-9-26(25)29-33-31(37)38-34-29/h5-6,8-17H,4,7,18-19H2,1-3H3,(H,33,34,37). The van der Waals surface area contributed by atoms with Crippen molar-refractivity contribution in [1.29, 1.82) is 0 Å². The minimum Gasteiger partial charge on any atom is -0.296 e. The fraction of sp³-hybridized carbons (Fsp3) is 0.226. The quantitative estimate of drug-likeness (QED) is 0.236. The predicted molar refractivity (Wildman–Crippen MR) is 155 cm³/mol. The number of aryl methyl sites for hydroxylation is 2. The van der Waals surface area contributed by atoms with E-state index in [2.05, 4.69) is 47.6 Å². The van der Waals surface area contributed by atoms with Crippen LogP contribution < -0.4 is 11.3 Å². The summed E-state index contributed by atoms with van der Waals surface area (Å²) >= 11 is 1.70. The Bertz CT molecular complexity index is 1700. The summed E-state index contributed by atoms with van der Waals surface area (Å²) in [5.41, 5.74) is 6.41. The lowest BCUT2D eigenvalue weighted by Gasteiger charge is -2.16. The number of hydrogen-bond acceptors (Lipinski definition) is 6. The molecule has 0 radical (unpaired) electrons. The lowest BCUT2D eigenvalue weighted by molar-refractivity contribution is 0.388. The third-order valence-electron chi connectivity index (χ3n) is 6.79. The van der Waals surface area contributed by atoms with Gasteiger partial charge in [0.25, 0.3) is 5.56 Å². The van der Waals surface area contributed by atoms with E-state index in [1.165, 1.54) is 4.90 Å². The summed E-state index contributed by atoms with van der Waals surface area (Å²) < 4.78 is 6.49. The lowest BCUT2D eigenvalue weighted by Crippen LogP contribution is -2.30. The molecule has 2 heterocycles. The predicted octanol–water partition coefficient (Wildman–Crippen LogP) is 5.88. The Morgan fingerprint density at radius 3 is 2.26 bits per heavy atom. The van der Waals surface area contributed by atoms with E-state index in [-0.39, 0.29) is 5.56 Å². The molecule has 0 atom stereocenters. The van der Waals surface area contributed by atoms with Crippen molar-refractivity contribution in [3.8, 4) is 22.5 Å². The van der Waals surface area contributed by atoms with Crippen LogP contribution in [0.25, 0.3) is 22.5 Å². The van der Waals surface area contributed by atoms with Gasteiger partial charge in [0.1, 0.15) is 5.82 Å². The number of benzene rings is 3. The van der Waals surface area contributed by atoms with Crippen LogP contribution >= 0.6 is 11.8 Å². The highest BCUT2D eigenvalue weighted by Crippen LogP contribution is 2.30. The van der Waals surface area contributed by atoms with Crippen molar-refractivity contribution in [3.63, 3.8) is 0 Å². The van der Waals surface area contributed by atoms with Gasteiger partial charge < -0.3 is 0 Å². The second-order valence-electron chi connectivity index (χ2n) is 9.44. The molecule has 5 aromatic rings. The molecular formula is C31H30N4O3S. The minimum atomic E-state index is -0.590. The molecule has 198 valence electrons. The molecule has 1 N–H and O–H groups in total. The Kier molecular flexibility index (Phi) is 7.93. The molecule has 0 saturated carbocycles.